The molecule has 0 aliphatic carbocycles. The number of hydrogen-bond acceptors (Lipinski definition) is 2. The highest BCUT2D eigenvalue weighted by atomic mass is 28.4. The molecule has 0 spiro atoms. The van der Waals surface area contributed by atoms with Gasteiger partial charge in [0.25, 0.3) is 0 Å². The molecule has 126 valence electrons. The van der Waals surface area contributed by atoms with E-state index in [1.165, 1.54) is 4.90 Å². The van der Waals surface area contributed by atoms with Crippen LogP contribution in [0.2, 0.25) is 18.1 Å². The molecule has 0 atom stereocenters. The first-order valence-electron chi connectivity index (χ1n) is 8.15. The number of benzene rings is 1. The summed E-state index contributed by atoms with van der Waals surface area (Å²) >= 11 is 0. The first kappa shape index (κ1) is 18.1. The lowest BCUT2D eigenvalue weighted by Gasteiger charge is -2.36. The van der Waals surface area contributed by atoms with E-state index in [1.807, 2.05) is 42.5 Å². The summed E-state index contributed by atoms with van der Waals surface area (Å²) in [4.78, 5) is 13.7. The average molecular weight is 340 g/mol. The van der Waals surface area contributed by atoms with Crippen LogP contribution in [-0.4, -0.2) is 19.1 Å². The third-order valence-electron chi connectivity index (χ3n) is 4.41. The third kappa shape index (κ3) is 4.62. The van der Waals surface area contributed by atoms with Gasteiger partial charge < -0.3 is 4.43 Å². The summed E-state index contributed by atoms with van der Waals surface area (Å²) in [7, 11) is -1.92. The SMILES string of the molecule is CC(C)(C)[Si](C)(C)OC1=CCC(=O)N(C#Cc2ccccc2)C=C1. The summed E-state index contributed by atoms with van der Waals surface area (Å²) in [5.74, 6) is 3.72. The Morgan fingerprint density at radius 1 is 1.17 bits per heavy atom. The van der Waals surface area contributed by atoms with Gasteiger partial charge in [-0.15, -0.1) is 0 Å². The Morgan fingerprint density at radius 3 is 2.46 bits per heavy atom. The molecule has 4 heteroatoms. The number of amides is 1. The molecule has 0 fully saturated rings. The molecular formula is C20H25NO2Si. The highest BCUT2D eigenvalue weighted by molar-refractivity contribution is 6.74. The molecule has 1 aromatic carbocycles. The second-order valence-electron chi connectivity index (χ2n) is 7.36. The lowest BCUT2D eigenvalue weighted by atomic mass is 10.2. The molecule has 1 aromatic rings. The van der Waals surface area contributed by atoms with Crippen LogP contribution in [0.5, 0.6) is 0 Å². The summed E-state index contributed by atoms with van der Waals surface area (Å²) < 4.78 is 6.27. The third-order valence-corrected chi connectivity index (χ3v) is 8.77. The Balaban J connectivity index is 2.13. The number of carbonyl (C=O) groups is 1. The Kier molecular flexibility index (Phi) is 5.35. The fourth-order valence-corrected chi connectivity index (χ4v) is 2.90. The average Bonchev–Trinajstić information content (AvgIpc) is 2.67. The van der Waals surface area contributed by atoms with E-state index in [2.05, 4.69) is 45.8 Å². The topological polar surface area (TPSA) is 29.5 Å². The quantitative estimate of drug-likeness (QED) is 0.580. The van der Waals surface area contributed by atoms with Crippen LogP contribution >= 0.6 is 0 Å². The molecule has 0 N–H and O–H groups in total. The second kappa shape index (κ2) is 7.10. The van der Waals surface area contributed by atoms with Crippen LogP contribution in [0.1, 0.15) is 32.8 Å². The molecule has 1 amide bonds. The Labute approximate surface area is 146 Å². The molecule has 0 radical (unpaired) electrons. The van der Waals surface area contributed by atoms with E-state index >= 15 is 0 Å². The van der Waals surface area contributed by atoms with Gasteiger partial charge in [0.15, 0.2) is 0 Å². The number of allylic oxidation sites excluding steroid dienone is 1. The van der Waals surface area contributed by atoms with Crippen molar-refractivity contribution in [3.8, 4) is 12.0 Å². The van der Waals surface area contributed by atoms with E-state index in [-0.39, 0.29) is 10.9 Å². The van der Waals surface area contributed by atoms with Gasteiger partial charge in [0, 0.05) is 24.2 Å². The van der Waals surface area contributed by atoms with Gasteiger partial charge in [0.1, 0.15) is 5.76 Å². The molecule has 3 nitrogen and oxygen atoms in total. The standard InChI is InChI=1S/C20H25NO2Si/c1-20(2,3)24(4,5)23-18-11-12-19(22)21(16-14-18)15-13-17-9-7-6-8-10-17/h6-11,14,16H,12H2,1-5H3. The van der Waals surface area contributed by atoms with Gasteiger partial charge in [0.05, 0.1) is 0 Å². The van der Waals surface area contributed by atoms with E-state index in [0.717, 1.165) is 11.3 Å². The van der Waals surface area contributed by atoms with Crippen molar-refractivity contribution in [1.29, 1.82) is 0 Å². The van der Waals surface area contributed by atoms with Crippen LogP contribution in [0.4, 0.5) is 0 Å². The number of hydrogen-bond donors (Lipinski definition) is 0. The van der Waals surface area contributed by atoms with Crippen LogP contribution in [0.25, 0.3) is 0 Å². The van der Waals surface area contributed by atoms with Crippen LogP contribution in [-0.2, 0) is 9.22 Å². The van der Waals surface area contributed by atoms with Gasteiger partial charge >= 0.3 is 0 Å². The largest absolute Gasteiger partial charge is 0.544 e. The molecule has 0 unspecified atom stereocenters. The molecule has 0 saturated carbocycles. The van der Waals surface area contributed by atoms with Crippen LogP contribution < -0.4 is 0 Å². The van der Waals surface area contributed by atoms with Crippen LogP contribution in [0, 0.1) is 12.0 Å². The lowest BCUT2D eigenvalue weighted by Crippen LogP contribution is -2.40. The molecule has 1 aliphatic heterocycles. The van der Waals surface area contributed by atoms with Crippen molar-refractivity contribution >= 4 is 14.2 Å². The van der Waals surface area contributed by atoms with Crippen LogP contribution in [0.3, 0.4) is 0 Å². The summed E-state index contributed by atoms with van der Waals surface area (Å²) in [6, 6.07) is 12.5. The molecule has 0 aromatic heterocycles. The summed E-state index contributed by atoms with van der Waals surface area (Å²) in [5.41, 5.74) is 0.883. The van der Waals surface area contributed by atoms with E-state index in [9.17, 15) is 4.79 Å². The fourth-order valence-electron chi connectivity index (χ4n) is 1.85. The highest BCUT2D eigenvalue weighted by Crippen LogP contribution is 2.38. The molecular weight excluding hydrogens is 314 g/mol. The van der Waals surface area contributed by atoms with Crippen molar-refractivity contribution in [2.45, 2.75) is 45.3 Å². The minimum atomic E-state index is -1.92. The monoisotopic (exact) mass is 339 g/mol. The van der Waals surface area contributed by atoms with E-state index in [0.29, 0.717) is 6.42 Å². The Bertz CT molecular complexity index is 715. The molecule has 24 heavy (non-hydrogen) atoms. The zero-order valence-electron chi connectivity index (χ0n) is 15.1. The van der Waals surface area contributed by atoms with Crippen molar-refractivity contribution in [1.82, 2.24) is 4.90 Å². The first-order chi connectivity index (χ1) is 11.2. The fraction of sp³-hybridized carbons (Fsp3) is 0.350. The van der Waals surface area contributed by atoms with Crippen molar-refractivity contribution in [2.75, 3.05) is 0 Å². The molecule has 0 saturated heterocycles. The van der Waals surface area contributed by atoms with Gasteiger partial charge in [-0.1, -0.05) is 39.0 Å². The molecule has 2 rings (SSSR count). The van der Waals surface area contributed by atoms with E-state index < -0.39 is 8.32 Å². The van der Waals surface area contributed by atoms with Crippen molar-refractivity contribution < 1.29 is 9.22 Å². The zero-order valence-corrected chi connectivity index (χ0v) is 16.1. The first-order valence-corrected chi connectivity index (χ1v) is 11.1. The molecule has 1 heterocycles. The maximum absolute atomic E-state index is 12.2. The maximum atomic E-state index is 12.2. The minimum Gasteiger partial charge on any atom is -0.544 e. The maximum Gasteiger partial charge on any atom is 0.250 e. The van der Waals surface area contributed by atoms with E-state index in [4.69, 9.17) is 4.43 Å². The van der Waals surface area contributed by atoms with Crippen molar-refractivity contribution in [3.05, 3.63) is 60.0 Å². The Hall–Kier alpha value is -2.25. The van der Waals surface area contributed by atoms with Crippen LogP contribution in [0.15, 0.2) is 54.4 Å². The summed E-state index contributed by atoms with van der Waals surface area (Å²) in [6.07, 6.45) is 5.68. The predicted octanol–water partition coefficient (Wildman–Crippen LogP) is 4.65. The summed E-state index contributed by atoms with van der Waals surface area (Å²) in [6.45, 7) is 11.0. The smallest absolute Gasteiger partial charge is 0.250 e. The number of carbonyl (C=O) groups excluding carboxylic acids is 1. The summed E-state index contributed by atoms with van der Waals surface area (Å²) in [5, 5.41) is 0.116. The van der Waals surface area contributed by atoms with Crippen molar-refractivity contribution in [2.24, 2.45) is 0 Å². The van der Waals surface area contributed by atoms with Gasteiger partial charge in [-0.3, -0.25) is 4.79 Å². The van der Waals surface area contributed by atoms with E-state index in [1.54, 1.807) is 6.20 Å². The minimum absolute atomic E-state index is 0.0523. The molecule has 0 bridgehead atoms. The predicted molar refractivity (Wildman–Crippen MR) is 100 cm³/mol. The molecule has 1 aliphatic rings. The van der Waals surface area contributed by atoms with Gasteiger partial charge in [-0.25, -0.2) is 4.90 Å². The second-order valence-corrected chi connectivity index (χ2v) is 12.1. The lowest BCUT2D eigenvalue weighted by molar-refractivity contribution is -0.125. The number of rotatable bonds is 2. The van der Waals surface area contributed by atoms with Gasteiger partial charge in [0.2, 0.25) is 14.2 Å². The highest BCUT2D eigenvalue weighted by Gasteiger charge is 2.39. The van der Waals surface area contributed by atoms with Crippen molar-refractivity contribution in [3.63, 3.8) is 0 Å². The normalized spacial score (nSPS) is 15.3. The van der Waals surface area contributed by atoms with Gasteiger partial charge in [-0.2, -0.15) is 0 Å². The van der Waals surface area contributed by atoms with Gasteiger partial charge in [-0.05, 0) is 48.3 Å². The Morgan fingerprint density at radius 2 is 1.83 bits per heavy atom. The number of nitrogens with zero attached hydrogens (tertiary/aromatic N) is 1. The zero-order chi connectivity index (χ0) is 17.8.